The molecular weight excluding hydrogens is 480 g/mol. The predicted octanol–water partition coefficient (Wildman–Crippen LogP) is 5.96. The smallest absolute Gasteiger partial charge is 0.336 e. The van der Waals surface area contributed by atoms with Crippen LogP contribution in [0.5, 0.6) is 0 Å². The van der Waals surface area contributed by atoms with E-state index in [1.165, 1.54) is 12.1 Å². The third-order valence-electron chi connectivity index (χ3n) is 7.38. The summed E-state index contributed by atoms with van der Waals surface area (Å²) in [7, 11) is 0. The van der Waals surface area contributed by atoms with E-state index in [2.05, 4.69) is 0 Å². The van der Waals surface area contributed by atoms with Crippen molar-refractivity contribution < 1.29 is 19.2 Å². The van der Waals surface area contributed by atoms with Gasteiger partial charge < -0.3 is 4.74 Å². The van der Waals surface area contributed by atoms with Crippen molar-refractivity contribution in [2.24, 2.45) is 10.9 Å². The number of ether oxygens (including phenoxy) is 1. The number of nitro groups is 1. The maximum absolute atomic E-state index is 13.7. The number of carbonyl (C=O) groups excluding carboxylic acids is 2. The van der Waals surface area contributed by atoms with E-state index in [0.29, 0.717) is 36.1 Å². The van der Waals surface area contributed by atoms with Crippen LogP contribution in [0.4, 0.5) is 5.69 Å². The van der Waals surface area contributed by atoms with Gasteiger partial charge >= 0.3 is 5.97 Å². The number of esters is 1. The van der Waals surface area contributed by atoms with Crippen molar-refractivity contribution in [1.29, 1.82) is 0 Å². The number of nitro benzene ring substituents is 1. The summed E-state index contributed by atoms with van der Waals surface area (Å²) in [6.45, 7) is 1.96. The first-order valence-corrected chi connectivity index (χ1v) is 12.7. The number of non-ortho nitro benzene ring substituents is 1. The number of fused-ring (bicyclic) bond motifs is 1. The van der Waals surface area contributed by atoms with E-state index >= 15 is 0 Å². The van der Waals surface area contributed by atoms with Gasteiger partial charge in [0.2, 0.25) is 0 Å². The zero-order valence-electron chi connectivity index (χ0n) is 21.1. The molecule has 38 heavy (non-hydrogen) atoms. The number of hydrogen-bond donors (Lipinski definition) is 0. The average Bonchev–Trinajstić information content (AvgIpc) is 2.93. The number of hydrogen-bond acceptors (Lipinski definition) is 6. The van der Waals surface area contributed by atoms with Gasteiger partial charge in [0.1, 0.15) is 5.78 Å². The molecule has 3 aromatic carbocycles. The predicted molar refractivity (Wildman–Crippen MR) is 144 cm³/mol. The second-order valence-corrected chi connectivity index (χ2v) is 9.76. The Morgan fingerprint density at radius 2 is 1.58 bits per heavy atom. The van der Waals surface area contributed by atoms with Crippen molar-refractivity contribution >= 4 is 23.2 Å². The topological polar surface area (TPSA) is 98.9 Å². The number of rotatable bonds is 7. The van der Waals surface area contributed by atoms with Gasteiger partial charge in [0, 0.05) is 42.3 Å². The monoisotopic (exact) mass is 508 g/mol. The molecule has 0 spiro atoms. The first kappa shape index (κ1) is 25.3. The number of nitrogens with zero attached hydrogens (tertiary/aromatic N) is 2. The number of ketones is 1. The molecule has 0 aromatic heterocycles. The van der Waals surface area contributed by atoms with Gasteiger partial charge in [0.05, 0.1) is 23.0 Å². The molecule has 0 N–H and O–H groups in total. The lowest BCUT2D eigenvalue weighted by Crippen LogP contribution is -2.41. The molecule has 3 atom stereocenters. The number of benzene rings is 3. The van der Waals surface area contributed by atoms with Gasteiger partial charge in [-0.15, -0.1) is 0 Å². The molecule has 192 valence electrons. The van der Waals surface area contributed by atoms with Crippen LogP contribution in [0, 0.1) is 16.0 Å². The SMILES string of the molecule is CC1=C(C(=O)OCCc2ccccc2)C(c2ccc([N+](=O)[O-])cc2)C2C(=O)CC(c3ccccc3)CC2=N1. The van der Waals surface area contributed by atoms with Gasteiger partial charge in [-0.05, 0) is 36.0 Å². The molecule has 1 aliphatic heterocycles. The van der Waals surface area contributed by atoms with Gasteiger partial charge in [-0.3, -0.25) is 19.9 Å². The second-order valence-electron chi connectivity index (χ2n) is 9.76. The summed E-state index contributed by atoms with van der Waals surface area (Å²) in [5.41, 5.74) is 4.35. The minimum absolute atomic E-state index is 0.00860. The van der Waals surface area contributed by atoms with Gasteiger partial charge in [0.25, 0.3) is 5.69 Å². The summed E-state index contributed by atoms with van der Waals surface area (Å²) >= 11 is 0. The van der Waals surface area contributed by atoms with E-state index in [1.807, 2.05) is 60.7 Å². The van der Waals surface area contributed by atoms with Crippen LogP contribution in [0.1, 0.15) is 48.3 Å². The fraction of sp³-hybridized carbons (Fsp3) is 0.258. The highest BCUT2D eigenvalue weighted by Gasteiger charge is 2.46. The maximum Gasteiger partial charge on any atom is 0.336 e. The molecule has 0 bridgehead atoms. The Morgan fingerprint density at radius 3 is 2.24 bits per heavy atom. The van der Waals surface area contributed by atoms with E-state index < -0.39 is 22.7 Å². The van der Waals surface area contributed by atoms with Crippen LogP contribution in [0.3, 0.4) is 0 Å². The lowest BCUT2D eigenvalue weighted by Gasteiger charge is -2.38. The fourth-order valence-corrected chi connectivity index (χ4v) is 5.55. The van der Waals surface area contributed by atoms with Crippen LogP contribution in [0.2, 0.25) is 0 Å². The largest absolute Gasteiger partial charge is 0.462 e. The third-order valence-corrected chi connectivity index (χ3v) is 7.38. The molecule has 0 radical (unpaired) electrons. The molecular formula is C31H28N2O5. The number of carbonyl (C=O) groups is 2. The van der Waals surface area contributed by atoms with Crippen molar-refractivity contribution in [3.05, 3.63) is 123 Å². The van der Waals surface area contributed by atoms with Gasteiger partial charge in [-0.25, -0.2) is 4.79 Å². The molecule has 0 saturated heterocycles. The van der Waals surface area contributed by atoms with Crippen molar-refractivity contribution in [1.82, 2.24) is 0 Å². The fourth-order valence-electron chi connectivity index (χ4n) is 5.55. The Labute approximate surface area is 221 Å². The van der Waals surface area contributed by atoms with E-state index in [1.54, 1.807) is 19.1 Å². The quantitative estimate of drug-likeness (QED) is 0.223. The van der Waals surface area contributed by atoms with Crippen molar-refractivity contribution in [3.8, 4) is 0 Å². The van der Waals surface area contributed by atoms with E-state index in [0.717, 1.165) is 16.8 Å². The molecule has 3 aromatic rings. The van der Waals surface area contributed by atoms with Crippen LogP contribution in [-0.2, 0) is 20.7 Å². The molecule has 3 unspecified atom stereocenters. The zero-order chi connectivity index (χ0) is 26.6. The van der Waals surface area contributed by atoms with Gasteiger partial charge in [0.15, 0.2) is 0 Å². The van der Waals surface area contributed by atoms with Crippen molar-refractivity contribution in [2.75, 3.05) is 6.61 Å². The number of Topliss-reactive ketones (excluding diaryl/α,β-unsaturated/α-hetero) is 1. The highest BCUT2D eigenvalue weighted by atomic mass is 16.6. The Balaban J connectivity index is 1.48. The molecule has 7 nitrogen and oxygen atoms in total. The molecule has 1 aliphatic carbocycles. The summed E-state index contributed by atoms with van der Waals surface area (Å²) in [5, 5.41) is 11.2. The van der Waals surface area contributed by atoms with E-state index in [-0.39, 0.29) is 24.0 Å². The van der Waals surface area contributed by atoms with Crippen LogP contribution in [0.25, 0.3) is 0 Å². The zero-order valence-corrected chi connectivity index (χ0v) is 21.1. The summed E-state index contributed by atoms with van der Waals surface area (Å²) in [4.78, 5) is 42.7. The van der Waals surface area contributed by atoms with Crippen molar-refractivity contribution in [2.45, 2.75) is 38.0 Å². The summed E-state index contributed by atoms with van der Waals surface area (Å²) in [6, 6.07) is 25.7. The average molecular weight is 509 g/mol. The molecule has 1 fully saturated rings. The maximum atomic E-state index is 13.7. The third kappa shape index (κ3) is 5.18. The van der Waals surface area contributed by atoms with Crippen LogP contribution < -0.4 is 0 Å². The first-order valence-electron chi connectivity index (χ1n) is 12.7. The molecule has 1 saturated carbocycles. The van der Waals surface area contributed by atoms with Crippen LogP contribution in [0.15, 0.2) is 101 Å². The molecule has 5 rings (SSSR count). The van der Waals surface area contributed by atoms with Crippen molar-refractivity contribution in [3.63, 3.8) is 0 Å². The Morgan fingerprint density at radius 1 is 0.921 bits per heavy atom. The van der Waals surface area contributed by atoms with Gasteiger partial charge in [-0.2, -0.15) is 0 Å². The standard InChI is InChI=1S/C31H28N2O5/c1-20-28(31(35)38-17-16-21-8-4-2-5-9-21)29(23-12-14-25(15-13-23)33(36)37)30-26(32-20)18-24(19-27(30)34)22-10-6-3-7-11-22/h2-15,24,29-30H,16-19H2,1H3. The highest BCUT2D eigenvalue weighted by Crippen LogP contribution is 2.46. The highest BCUT2D eigenvalue weighted by molar-refractivity contribution is 6.12. The molecule has 0 amide bonds. The summed E-state index contributed by atoms with van der Waals surface area (Å²) in [6.07, 6.45) is 1.51. The molecule has 1 heterocycles. The minimum atomic E-state index is -0.614. The van der Waals surface area contributed by atoms with Crippen LogP contribution >= 0.6 is 0 Å². The van der Waals surface area contributed by atoms with E-state index in [4.69, 9.17) is 9.73 Å². The lowest BCUT2D eigenvalue weighted by atomic mass is 9.66. The Kier molecular flexibility index (Phi) is 7.26. The van der Waals surface area contributed by atoms with Gasteiger partial charge in [-0.1, -0.05) is 72.8 Å². The summed E-state index contributed by atoms with van der Waals surface area (Å²) < 4.78 is 5.69. The molecule has 7 heteroatoms. The second kappa shape index (κ2) is 10.9. The number of allylic oxidation sites excluding steroid dienone is 1. The van der Waals surface area contributed by atoms with E-state index in [9.17, 15) is 19.7 Å². The first-order chi connectivity index (χ1) is 18.4. The minimum Gasteiger partial charge on any atom is -0.462 e. The normalized spacial score (nSPS) is 20.9. The van der Waals surface area contributed by atoms with Crippen LogP contribution in [-0.4, -0.2) is 29.0 Å². The Hall–Kier alpha value is -4.39. The lowest BCUT2D eigenvalue weighted by molar-refractivity contribution is -0.384. The molecule has 2 aliphatic rings. The summed E-state index contributed by atoms with van der Waals surface area (Å²) in [5.74, 6) is -1.71. The number of aliphatic imine (C=N–C) groups is 1. The Bertz CT molecular complexity index is 1410.